The summed E-state index contributed by atoms with van der Waals surface area (Å²) in [5.41, 5.74) is 1.35. The zero-order valence-corrected chi connectivity index (χ0v) is 16.3. The first-order chi connectivity index (χ1) is 11.8. The number of alkyl halides is 1. The van der Waals surface area contributed by atoms with E-state index in [9.17, 15) is 10.2 Å². The number of allylic oxidation sites excluding steroid dienone is 3. The fourth-order valence-electron chi connectivity index (χ4n) is 3.47. The maximum atomic E-state index is 10.9. The topological polar surface area (TPSA) is 71.0 Å². The molecule has 0 saturated carbocycles. The molecule has 1 aliphatic heterocycles. The first kappa shape index (κ1) is 20.5. The van der Waals surface area contributed by atoms with Crippen molar-refractivity contribution < 1.29 is 19.7 Å². The fourth-order valence-corrected chi connectivity index (χ4v) is 3.70. The van der Waals surface area contributed by atoms with Gasteiger partial charge in [-0.15, -0.1) is 11.6 Å². The smallest absolute Gasteiger partial charge is 0.196 e. The maximum absolute atomic E-state index is 10.9. The first-order valence-corrected chi connectivity index (χ1v) is 9.35. The van der Waals surface area contributed by atoms with Crippen molar-refractivity contribution in [3.05, 3.63) is 35.1 Å². The molecular weight excluding hydrogens is 342 g/mol. The van der Waals surface area contributed by atoms with E-state index in [1.165, 1.54) is 0 Å². The Balaban J connectivity index is 2.21. The van der Waals surface area contributed by atoms with Crippen molar-refractivity contribution in [1.82, 2.24) is 5.32 Å². The van der Waals surface area contributed by atoms with Gasteiger partial charge in [0.1, 0.15) is 17.4 Å². The monoisotopic (exact) mass is 371 g/mol. The van der Waals surface area contributed by atoms with Crippen LogP contribution in [0.4, 0.5) is 0 Å². The Labute approximate surface area is 155 Å². The number of rotatable bonds is 6. The van der Waals surface area contributed by atoms with Gasteiger partial charge in [-0.1, -0.05) is 26.0 Å². The van der Waals surface area contributed by atoms with Gasteiger partial charge in [0.05, 0.1) is 12.1 Å². The highest BCUT2D eigenvalue weighted by Gasteiger charge is 2.36. The minimum atomic E-state index is -0.747. The van der Waals surface area contributed by atoms with Crippen LogP contribution in [0.3, 0.4) is 0 Å². The molecule has 0 radical (unpaired) electrons. The van der Waals surface area contributed by atoms with E-state index >= 15 is 0 Å². The van der Waals surface area contributed by atoms with E-state index < -0.39 is 17.7 Å². The summed E-state index contributed by atoms with van der Waals surface area (Å²) in [6.45, 7) is 10.6. The molecule has 1 aliphatic carbocycles. The van der Waals surface area contributed by atoms with Crippen molar-refractivity contribution in [3.8, 4) is 0 Å². The fraction of sp³-hybridized carbons (Fsp3) is 0.684. The van der Waals surface area contributed by atoms with Crippen LogP contribution in [-0.2, 0) is 9.47 Å². The molecule has 0 aromatic rings. The van der Waals surface area contributed by atoms with Crippen molar-refractivity contribution in [2.75, 3.05) is 6.61 Å². The van der Waals surface area contributed by atoms with Gasteiger partial charge in [-0.05, 0) is 43.9 Å². The second kappa shape index (κ2) is 8.69. The number of ether oxygens (including phenoxy) is 2. The van der Waals surface area contributed by atoms with Crippen molar-refractivity contribution in [3.63, 3.8) is 0 Å². The third-order valence-corrected chi connectivity index (χ3v) is 5.42. The van der Waals surface area contributed by atoms with Crippen LogP contribution in [0, 0.1) is 11.8 Å². The van der Waals surface area contributed by atoms with Crippen LogP contribution in [0.1, 0.15) is 34.6 Å². The minimum Gasteiger partial charge on any atom is -0.469 e. The maximum Gasteiger partial charge on any atom is 0.196 e. The number of hydrogen-bond acceptors (Lipinski definition) is 5. The molecule has 6 heteroatoms. The minimum absolute atomic E-state index is 0.111. The highest BCUT2D eigenvalue weighted by molar-refractivity contribution is 6.21. The molecule has 0 aromatic heterocycles. The molecule has 0 fully saturated rings. The number of halogens is 1. The van der Waals surface area contributed by atoms with E-state index in [0.717, 1.165) is 16.9 Å². The van der Waals surface area contributed by atoms with Crippen LogP contribution in [0.5, 0.6) is 0 Å². The zero-order valence-electron chi connectivity index (χ0n) is 15.6. The van der Waals surface area contributed by atoms with Crippen LogP contribution >= 0.6 is 11.6 Å². The van der Waals surface area contributed by atoms with Crippen LogP contribution in [0.25, 0.3) is 0 Å². The lowest BCUT2D eigenvalue weighted by Crippen LogP contribution is -2.51. The van der Waals surface area contributed by atoms with Crippen molar-refractivity contribution in [2.24, 2.45) is 11.8 Å². The third kappa shape index (κ3) is 4.66. The van der Waals surface area contributed by atoms with Crippen LogP contribution < -0.4 is 5.32 Å². The van der Waals surface area contributed by atoms with Gasteiger partial charge in [0.15, 0.2) is 6.29 Å². The number of aliphatic hydroxyl groups is 2. The molecule has 2 aliphatic rings. The lowest BCUT2D eigenvalue weighted by atomic mass is 9.76. The van der Waals surface area contributed by atoms with Crippen molar-refractivity contribution in [1.29, 1.82) is 0 Å². The Kier molecular flexibility index (Phi) is 7.11. The molecule has 25 heavy (non-hydrogen) atoms. The molecule has 0 spiro atoms. The Morgan fingerprint density at radius 2 is 1.96 bits per heavy atom. The summed E-state index contributed by atoms with van der Waals surface area (Å²) in [4.78, 5) is 0. The largest absolute Gasteiger partial charge is 0.469 e. The van der Waals surface area contributed by atoms with Gasteiger partial charge in [-0.3, -0.25) is 5.32 Å². The molecule has 7 atom stereocenters. The van der Waals surface area contributed by atoms with Crippen molar-refractivity contribution >= 4 is 11.6 Å². The standard InChI is InChI=1S/C19H30ClNO4/c1-6-24-13(5)25-16-9-10(2)17(12(4)11(16)3)18(23)14-7-8-15(22)19(20)21-14/h7-9,11-15,18-19,21-23H,6H2,1-5H3. The second-order valence-electron chi connectivity index (χ2n) is 6.82. The summed E-state index contributed by atoms with van der Waals surface area (Å²) >= 11 is 6.07. The van der Waals surface area contributed by atoms with Crippen LogP contribution in [0.2, 0.25) is 0 Å². The van der Waals surface area contributed by atoms with Gasteiger partial charge >= 0.3 is 0 Å². The second-order valence-corrected chi connectivity index (χ2v) is 7.29. The zero-order chi connectivity index (χ0) is 18.7. The molecule has 0 saturated heterocycles. The molecule has 0 amide bonds. The third-order valence-electron chi connectivity index (χ3n) is 5.03. The lowest BCUT2D eigenvalue weighted by Gasteiger charge is -2.37. The average molecular weight is 372 g/mol. The first-order valence-electron chi connectivity index (χ1n) is 8.91. The van der Waals surface area contributed by atoms with E-state index in [-0.39, 0.29) is 24.2 Å². The quantitative estimate of drug-likeness (QED) is 0.290. The van der Waals surface area contributed by atoms with Gasteiger partial charge in [-0.25, -0.2) is 0 Å². The number of nitrogens with one attached hydrogen (secondary N) is 1. The highest BCUT2D eigenvalue weighted by atomic mass is 35.5. The van der Waals surface area contributed by atoms with E-state index in [0.29, 0.717) is 6.61 Å². The van der Waals surface area contributed by atoms with Crippen LogP contribution in [0.15, 0.2) is 35.1 Å². The Hall–Kier alpha value is -0.850. The average Bonchev–Trinajstić information content (AvgIpc) is 2.55. The van der Waals surface area contributed by atoms with Crippen LogP contribution in [-0.4, -0.2) is 46.9 Å². The molecular formula is C19H30ClNO4. The summed E-state index contributed by atoms with van der Waals surface area (Å²) < 4.78 is 11.4. The number of aliphatic hydroxyl groups excluding tert-OH is 2. The molecule has 0 aromatic carbocycles. The van der Waals surface area contributed by atoms with Gasteiger partial charge < -0.3 is 19.7 Å². The SMILES string of the molecule is CCOC(C)OC1=CC(C)=C(C(O)C2C=CC(O)C(Cl)N2)C(C)C1C. The molecule has 142 valence electrons. The molecule has 5 nitrogen and oxygen atoms in total. The van der Waals surface area contributed by atoms with E-state index in [1.807, 2.05) is 26.8 Å². The number of hydrogen-bond donors (Lipinski definition) is 3. The molecule has 0 bridgehead atoms. The Morgan fingerprint density at radius 1 is 1.28 bits per heavy atom. The summed E-state index contributed by atoms with van der Waals surface area (Å²) in [5.74, 6) is 1.11. The molecule has 2 rings (SSSR count). The van der Waals surface area contributed by atoms with Gasteiger partial charge in [0.2, 0.25) is 0 Å². The summed E-state index contributed by atoms with van der Waals surface area (Å²) in [5, 5.41) is 23.6. The molecule has 7 unspecified atom stereocenters. The Bertz CT molecular complexity index is 560. The Morgan fingerprint density at radius 3 is 2.56 bits per heavy atom. The summed E-state index contributed by atoms with van der Waals surface area (Å²) in [7, 11) is 0. The molecule has 3 N–H and O–H groups in total. The van der Waals surface area contributed by atoms with E-state index in [1.54, 1.807) is 12.2 Å². The van der Waals surface area contributed by atoms with Gasteiger partial charge in [-0.2, -0.15) is 0 Å². The van der Waals surface area contributed by atoms with E-state index in [2.05, 4.69) is 19.2 Å². The predicted molar refractivity (Wildman–Crippen MR) is 99.0 cm³/mol. The van der Waals surface area contributed by atoms with Gasteiger partial charge in [0, 0.05) is 12.5 Å². The van der Waals surface area contributed by atoms with E-state index in [4.69, 9.17) is 21.1 Å². The summed E-state index contributed by atoms with van der Waals surface area (Å²) in [6, 6.07) is -0.330. The van der Waals surface area contributed by atoms with Gasteiger partial charge in [0.25, 0.3) is 0 Å². The molecule has 1 heterocycles. The summed E-state index contributed by atoms with van der Waals surface area (Å²) in [6.07, 6.45) is 3.62. The highest BCUT2D eigenvalue weighted by Crippen LogP contribution is 2.38. The van der Waals surface area contributed by atoms with Crippen molar-refractivity contribution in [2.45, 2.75) is 64.7 Å². The lowest BCUT2D eigenvalue weighted by molar-refractivity contribution is -0.107. The normalized spacial score (nSPS) is 35.4. The predicted octanol–water partition coefficient (Wildman–Crippen LogP) is 2.69.